The van der Waals surface area contributed by atoms with E-state index < -0.39 is 0 Å². The normalized spacial score (nSPS) is 26.1. The molecule has 3 rings (SSSR count). The van der Waals surface area contributed by atoms with Crippen molar-refractivity contribution in [1.29, 1.82) is 0 Å². The molecule has 2 atom stereocenters. The molecular weight excluding hydrogens is 342 g/mol. The van der Waals surface area contributed by atoms with E-state index in [0.717, 1.165) is 43.7 Å². The predicted octanol–water partition coefficient (Wildman–Crippen LogP) is 7.28. The van der Waals surface area contributed by atoms with Crippen LogP contribution >= 0.6 is 0 Å². The molecule has 28 heavy (non-hydrogen) atoms. The maximum Gasteiger partial charge on any atom is 0.222 e. The fraction of sp³-hybridized carbons (Fsp3) is 0.885. The third-order valence-electron chi connectivity index (χ3n) is 7.93. The van der Waals surface area contributed by atoms with Gasteiger partial charge in [-0.2, -0.15) is 0 Å². The van der Waals surface area contributed by atoms with E-state index in [4.69, 9.17) is 0 Å². The summed E-state index contributed by atoms with van der Waals surface area (Å²) in [5, 5.41) is 0. The molecule has 0 radical (unpaired) electrons. The Hall–Kier alpha value is -0.790. The van der Waals surface area contributed by atoms with Gasteiger partial charge in [-0.15, -0.1) is 0 Å². The van der Waals surface area contributed by atoms with Crippen molar-refractivity contribution in [2.75, 3.05) is 13.1 Å². The second-order valence-electron chi connectivity index (χ2n) is 10.1. The standard InChI is InChI=1S/C26H45NO/c1-22(12-10-15-23-13-5-3-6-14-23)11-4-2-7-18-26(28)27-20-19-24-16-8-9-17-25(24)21-27/h23-25H,1-21H2. The molecule has 0 N–H and O–H groups in total. The number of carbonyl (C=O) groups excluding carboxylic acids is 1. The summed E-state index contributed by atoms with van der Waals surface area (Å²) in [5.74, 6) is 3.16. The number of amides is 1. The zero-order chi connectivity index (χ0) is 19.6. The van der Waals surface area contributed by atoms with Gasteiger partial charge in [-0.3, -0.25) is 4.79 Å². The van der Waals surface area contributed by atoms with Gasteiger partial charge in [-0.1, -0.05) is 76.4 Å². The Morgan fingerprint density at radius 1 is 0.750 bits per heavy atom. The number of carbonyl (C=O) groups is 1. The van der Waals surface area contributed by atoms with Crippen LogP contribution in [-0.2, 0) is 4.79 Å². The van der Waals surface area contributed by atoms with E-state index in [2.05, 4.69) is 11.5 Å². The lowest BCUT2D eigenvalue weighted by Crippen LogP contribution is -2.44. The van der Waals surface area contributed by atoms with Crippen LogP contribution in [0.3, 0.4) is 0 Å². The van der Waals surface area contributed by atoms with Crippen molar-refractivity contribution in [3.05, 3.63) is 12.2 Å². The molecular formula is C26H45NO. The van der Waals surface area contributed by atoms with Crippen molar-refractivity contribution in [1.82, 2.24) is 4.90 Å². The smallest absolute Gasteiger partial charge is 0.222 e. The highest BCUT2D eigenvalue weighted by molar-refractivity contribution is 5.76. The first-order chi connectivity index (χ1) is 13.7. The summed E-state index contributed by atoms with van der Waals surface area (Å²) in [6.07, 6.45) is 23.6. The monoisotopic (exact) mass is 387 g/mol. The highest BCUT2D eigenvalue weighted by Crippen LogP contribution is 2.36. The molecule has 0 aromatic carbocycles. The van der Waals surface area contributed by atoms with Crippen LogP contribution in [0.2, 0.25) is 0 Å². The van der Waals surface area contributed by atoms with E-state index in [1.807, 2.05) is 0 Å². The Morgan fingerprint density at radius 2 is 1.43 bits per heavy atom. The summed E-state index contributed by atoms with van der Waals surface area (Å²) < 4.78 is 0. The predicted molar refractivity (Wildman–Crippen MR) is 119 cm³/mol. The molecule has 0 aromatic rings. The molecule has 1 saturated heterocycles. The minimum absolute atomic E-state index is 0.426. The van der Waals surface area contributed by atoms with Crippen LogP contribution in [0.4, 0.5) is 0 Å². The topological polar surface area (TPSA) is 20.3 Å². The van der Waals surface area contributed by atoms with Gasteiger partial charge in [-0.25, -0.2) is 0 Å². The van der Waals surface area contributed by atoms with Crippen LogP contribution < -0.4 is 0 Å². The summed E-state index contributed by atoms with van der Waals surface area (Å²) in [4.78, 5) is 14.8. The van der Waals surface area contributed by atoms with Crippen molar-refractivity contribution < 1.29 is 4.79 Å². The van der Waals surface area contributed by atoms with Gasteiger partial charge in [0.1, 0.15) is 0 Å². The van der Waals surface area contributed by atoms with Gasteiger partial charge in [0.25, 0.3) is 0 Å². The first kappa shape index (κ1) is 21.9. The van der Waals surface area contributed by atoms with Gasteiger partial charge in [0.15, 0.2) is 0 Å². The van der Waals surface area contributed by atoms with Crippen LogP contribution in [0.25, 0.3) is 0 Å². The molecule has 0 bridgehead atoms. The second kappa shape index (κ2) is 12.0. The lowest BCUT2D eigenvalue weighted by Gasteiger charge is -2.41. The fourth-order valence-electron chi connectivity index (χ4n) is 6.06. The highest BCUT2D eigenvalue weighted by atomic mass is 16.2. The first-order valence-electron chi connectivity index (χ1n) is 12.7. The highest BCUT2D eigenvalue weighted by Gasteiger charge is 2.32. The van der Waals surface area contributed by atoms with Crippen molar-refractivity contribution in [3.8, 4) is 0 Å². The molecule has 2 unspecified atom stereocenters. The van der Waals surface area contributed by atoms with Gasteiger partial charge in [0.2, 0.25) is 5.91 Å². The maximum atomic E-state index is 12.6. The molecule has 1 amide bonds. The third-order valence-corrected chi connectivity index (χ3v) is 7.93. The summed E-state index contributed by atoms with van der Waals surface area (Å²) in [6.45, 7) is 6.39. The SMILES string of the molecule is C=C(CCCCCC(=O)N1CCC2CCCCC2C1)CCCC1CCCCC1. The van der Waals surface area contributed by atoms with Crippen LogP contribution in [0, 0.1) is 17.8 Å². The molecule has 1 heterocycles. The quantitative estimate of drug-likeness (QED) is 0.285. The number of hydrogen-bond acceptors (Lipinski definition) is 1. The van der Waals surface area contributed by atoms with Crippen molar-refractivity contribution >= 4 is 5.91 Å². The average molecular weight is 388 g/mol. The fourth-order valence-corrected chi connectivity index (χ4v) is 6.06. The Bertz CT molecular complexity index is 479. The lowest BCUT2D eigenvalue weighted by molar-refractivity contribution is -0.134. The summed E-state index contributed by atoms with van der Waals surface area (Å²) >= 11 is 0. The largest absolute Gasteiger partial charge is 0.342 e. The number of allylic oxidation sites excluding steroid dienone is 1. The van der Waals surface area contributed by atoms with Crippen molar-refractivity contribution in [2.24, 2.45) is 17.8 Å². The summed E-state index contributed by atoms with van der Waals surface area (Å²) in [6, 6.07) is 0. The Morgan fingerprint density at radius 3 is 2.25 bits per heavy atom. The lowest BCUT2D eigenvalue weighted by atomic mass is 9.75. The molecule has 2 aliphatic carbocycles. The molecule has 2 saturated carbocycles. The Kier molecular flexibility index (Phi) is 9.41. The molecule has 0 aromatic heterocycles. The van der Waals surface area contributed by atoms with Crippen molar-refractivity contribution in [2.45, 2.75) is 116 Å². The Balaban J connectivity index is 1.19. The van der Waals surface area contributed by atoms with E-state index in [-0.39, 0.29) is 0 Å². The minimum atomic E-state index is 0.426. The third kappa shape index (κ3) is 7.23. The summed E-state index contributed by atoms with van der Waals surface area (Å²) in [7, 11) is 0. The van der Waals surface area contributed by atoms with Gasteiger partial charge in [-0.05, 0) is 62.7 Å². The van der Waals surface area contributed by atoms with E-state index >= 15 is 0 Å². The molecule has 160 valence electrons. The van der Waals surface area contributed by atoms with Gasteiger partial charge < -0.3 is 4.90 Å². The van der Waals surface area contributed by atoms with E-state index in [0.29, 0.717) is 5.91 Å². The van der Waals surface area contributed by atoms with Crippen LogP contribution in [-0.4, -0.2) is 23.9 Å². The first-order valence-corrected chi connectivity index (χ1v) is 12.7. The van der Waals surface area contributed by atoms with Gasteiger partial charge in [0.05, 0.1) is 0 Å². The summed E-state index contributed by atoms with van der Waals surface area (Å²) in [5.41, 5.74) is 1.45. The van der Waals surface area contributed by atoms with Crippen LogP contribution in [0.15, 0.2) is 12.2 Å². The average Bonchev–Trinajstić information content (AvgIpc) is 2.73. The molecule has 3 aliphatic rings. The minimum Gasteiger partial charge on any atom is -0.342 e. The second-order valence-corrected chi connectivity index (χ2v) is 10.1. The van der Waals surface area contributed by atoms with Crippen LogP contribution in [0.5, 0.6) is 0 Å². The Labute approximate surface area is 174 Å². The number of fused-ring (bicyclic) bond motifs is 1. The molecule has 2 nitrogen and oxygen atoms in total. The number of nitrogens with zero attached hydrogens (tertiary/aromatic N) is 1. The number of piperidine rings is 1. The zero-order valence-corrected chi connectivity index (χ0v) is 18.4. The molecule has 1 aliphatic heterocycles. The van der Waals surface area contributed by atoms with E-state index in [1.165, 1.54) is 108 Å². The van der Waals surface area contributed by atoms with Gasteiger partial charge >= 0.3 is 0 Å². The molecule has 3 fully saturated rings. The maximum absolute atomic E-state index is 12.6. The van der Waals surface area contributed by atoms with E-state index in [1.54, 1.807) is 0 Å². The number of unbranched alkanes of at least 4 members (excludes halogenated alkanes) is 2. The molecule has 0 spiro atoms. The molecule has 2 heteroatoms. The van der Waals surface area contributed by atoms with Crippen molar-refractivity contribution in [3.63, 3.8) is 0 Å². The van der Waals surface area contributed by atoms with Gasteiger partial charge in [0, 0.05) is 19.5 Å². The number of likely N-dealkylation sites (tertiary alicyclic amines) is 1. The van der Waals surface area contributed by atoms with E-state index in [9.17, 15) is 4.79 Å². The number of rotatable bonds is 10. The zero-order valence-electron chi connectivity index (χ0n) is 18.4. The number of hydrogen-bond donors (Lipinski definition) is 0. The van der Waals surface area contributed by atoms with Crippen LogP contribution in [0.1, 0.15) is 116 Å².